The lowest BCUT2D eigenvalue weighted by Gasteiger charge is -2.40. The van der Waals surface area contributed by atoms with Crippen molar-refractivity contribution in [3.05, 3.63) is 39.9 Å². The Morgan fingerprint density at radius 1 is 1.42 bits per heavy atom. The molecule has 2 N–H and O–H groups in total. The zero-order valence-electron chi connectivity index (χ0n) is 11.0. The molecule has 104 valence electrons. The molecule has 0 saturated carbocycles. The van der Waals surface area contributed by atoms with Crippen molar-refractivity contribution >= 4 is 5.69 Å². The molecular formula is C13H19N3O3. The standard InChI is InChI=1S/C13H19N3O3/c1-13(14,15-6-8-19-9-7-15)10-11-4-2-3-5-12(11)16(17)18/h2-5H,6-10,14H2,1H3. The van der Waals surface area contributed by atoms with Gasteiger partial charge in [0.25, 0.3) is 5.69 Å². The number of ether oxygens (including phenoxy) is 1. The van der Waals surface area contributed by atoms with Gasteiger partial charge in [0.2, 0.25) is 0 Å². The topological polar surface area (TPSA) is 81.6 Å². The molecule has 1 atom stereocenters. The van der Waals surface area contributed by atoms with Gasteiger partial charge in [-0.15, -0.1) is 0 Å². The van der Waals surface area contributed by atoms with Crippen molar-refractivity contribution in [3.8, 4) is 0 Å². The second kappa shape index (κ2) is 5.64. The van der Waals surface area contributed by atoms with Crippen LogP contribution in [0, 0.1) is 10.1 Å². The van der Waals surface area contributed by atoms with Crippen molar-refractivity contribution in [2.75, 3.05) is 26.3 Å². The first-order valence-corrected chi connectivity index (χ1v) is 6.35. The molecule has 0 spiro atoms. The number of nitro benzene ring substituents is 1. The quantitative estimate of drug-likeness (QED) is 0.652. The van der Waals surface area contributed by atoms with E-state index in [1.54, 1.807) is 18.2 Å². The fourth-order valence-corrected chi connectivity index (χ4v) is 2.41. The lowest BCUT2D eigenvalue weighted by atomic mass is 9.98. The van der Waals surface area contributed by atoms with Crippen LogP contribution in [0.4, 0.5) is 5.69 Å². The predicted molar refractivity (Wildman–Crippen MR) is 71.8 cm³/mol. The van der Waals surface area contributed by atoms with E-state index in [0.717, 1.165) is 13.1 Å². The third-order valence-electron chi connectivity index (χ3n) is 3.47. The SMILES string of the molecule is CC(N)(Cc1ccccc1[N+](=O)[O-])N1CCOCC1. The first-order chi connectivity index (χ1) is 9.00. The van der Waals surface area contributed by atoms with Crippen molar-refractivity contribution in [1.82, 2.24) is 4.90 Å². The van der Waals surface area contributed by atoms with Gasteiger partial charge < -0.3 is 10.5 Å². The van der Waals surface area contributed by atoms with Gasteiger partial charge in [0, 0.05) is 31.1 Å². The second-order valence-electron chi connectivity index (χ2n) is 5.02. The molecule has 1 heterocycles. The summed E-state index contributed by atoms with van der Waals surface area (Å²) in [5, 5.41) is 11.0. The number of benzene rings is 1. The van der Waals surface area contributed by atoms with E-state index in [1.807, 2.05) is 6.92 Å². The summed E-state index contributed by atoms with van der Waals surface area (Å²) in [6.45, 7) is 4.74. The average Bonchev–Trinajstić information content (AvgIpc) is 2.39. The summed E-state index contributed by atoms with van der Waals surface area (Å²) in [6, 6.07) is 6.76. The monoisotopic (exact) mass is 265 g/mol. The normalized spacial score (nSPS) is 19.9. The highest BCUT2D eigenvalue weighted by atomic mass is 16.6. The average molecular weight is 265 g/mol. The summed E-state index contributed by atoms with van der Waals surface area (Å²) in [6.07, 6.45) is 0.449. The second-order valence-corrected chi connectivity index (χ2v) is 5.02. The number of hydrogen-bond donors (Lipinski definition) is 1. The fraction of sp³-hybridized carbons (Fsp3) is 0.538. The van der Waals surface area contributed by atoms with Crippen LogP contribution in [-0.2, 0) is 11.2 Å². The van der Waals surface area contributed by atoms with Crippen LogP contribution in [0.2, 0.25) is 0 Å². The van der Waals surface area contributed by atoms with Crippen molar-refractivity contribution in [2.24, 2.45) is 5.73 Å². The summed E-state index contributed by atoms with van der Waals surface area (Å²) in [7, 11) is 0. The molecule has 1 aliphatic rings. The lowest BCUT2D eigenvalue weighted by molar-refractivity contribution is -0.385. The molecule has 2 rings (SSSR count). The van der Waals surface area contributed by atoms with E-state index in [2.05, 4.69) is 4.90 Å². The zero-order valence-corrected chi connectivity index (χ0v) is 11.0. The molecular weight excluding hydrogens is 246 g/mol. The van der Waals surface area contributed by atoms with Crippen molar-refractivity contribution in [3.63, 3.8) is 0 Å². The predicted octanol–water partition coefficient (Wildman–Crippen LogP) is 1.14. The molecule has 6 heteroatoms. The third kappa shape index (κ3) is 3.28. The van der Waals surface area contributed by atoms with Crippen LogP contribution in [0.5, 0.6) is 0 Å². The molecule has 0 amide bonds. The minimum absolute atomic E-state index is 0.132. The molecule has 0 aromatic heterocycles. The van der Waals surface area contributed by atoms with Gasteiger partial charge in [0.05, 0.1) is 23.8 Å². The number of rotatable bonds is 4. The van der Waals surface area contributed by atoms with Gasteiger partial charge in [-0.2, -0.15) is 0 Å². The lowest BCUT2D eigenvalue weighted by Crippen LogP contribution is -2.58. The molecule has 1 aliphatic heterocycles. The van der Waals surface area contributed by atoms with Crippen LogP contribution >= 0.6 is 0 Å². The number of nitrogens with two attached hydrogens (primary N) is 1. The third-order valence-corrected chi connectivity index (χ3v) is 3.47. The maximum absolute atomic E-state index is 11.0. The molecule has 1 aromatic carbocycles. The Balaban J connectivity index is 2.17. The molecule has 6 nitrogen and oxygen atoms in total. The van der Waals surface area contributed by atoms with Gasteiger partial charge in [-0.3, -0.25) is 15.0 Å². The Morgan fingerprint density at radius 3 is 2.68 bits per heavy atom. The van der Waals surface area contributed by atoms with Gasteiger partial charge in [-0.1, -0.05) is 18.2 Å². The molecule has 19 heavy (non-hydrogen) atoms. The summed E-state index contributed by atoms with van der Waals surface area (Å²) < 4.78 is 5.30. The van der Waals surface area contributed by atoms with E-state index in [1.165, 1.54) is 6.07 Å². The molecule has 1 fully saturated rings. The van der Waals surface area contributed by atoms with E-state index in [0.29, 0.717) is 25.2 Å². The Bertz CT molecular complexity index is 456. The van der Waals surface area contributed by atoms with E-state index >= 15 is 0 Å². The van der Waals surface area contributed by atoms with Crippen LogP contribution in [0.1, 0.15) is 12.5 Å². The maximum Gasteiger partial charge on any atom is 0.272 e. The Hall–Kier alpha value is -1.50. The number of hydrogen-bond acceptors (Lipinski definition) is 5. The largest absolute Gasteiger partial charge is 0.379 e. The minimum atomic E-state index is -0.601. The highest BCUT2D eigenvalue weighted by Crippen LogP contribution is 2.24. The van der Waals surface area contributed by atoms with E-state index in [9.17, 15) is 10.1 Å². The Labute approximate surface area is 112 Å². The summed E-state index contributed by atoms with van der Waals surface area (Å²) in [5.41, 5.74) is 6.54. The number of morpholine rings is 1. The number of nitro groups is 1. The van der Waals surface area contributed by atoms with Crippen LogP contribution in [-0.4, -0.2) is 41.8 Å². The number of para-hydroxylation sites is 1. The fourth-order valence-electron chi connectivity index (χ4n) is 2.41. The van der Waals surface area contributed by atoms with Crippen LogP contribution < -0.4 is 5.73 Å². The molecule has 0 radical (unpaired) electrons. The van der Waals surface area contributed by atoms with Crippen LogP contribution in [0.25, 0.3) is 0 Å². The van der Waals surface area contributed by atoms with Gasteiger partial charge >= 0.3 is 0 Å². The van der Waals surface area contributed by atoms with Crippen molar-refractivity contribution in [2.45, 2.75) is 19.0 Å². The summed E-state index contributed by atoms with van der Waals surface area (Å²) in [4.78, 5) is 12.8. The highest BCUT2D eigenvalue weighted by molar-refractivity contribution is 5.40. The zero-order chi connectivity index (χ0) is 13.9. The highest BCUT2D eigenvalue weighted by Gasteiger charge is 2.31. The van der Waals surface area contributed by atoms with Gasteiger partial charge in [0.15, 0.2) is 0 Å². The van der Waals surface area contributed by atoms with E-state index < -0.39 is 5.66 Å². The Kier molecular flexibility index (Phi) is 4.14. The van der Waals surface area contributed by atoms with Crippen molar-refractivity contribution in [1.29, 1.82) is 0 Å². The maximum atomic E-state index is 11.0. The molecule has 1 aromatic rings. The molecule has 0 bridgehead atoms. The van der Waals surface area contributed by atoms with Gasteiger partial charge in [0.1, 0.15) is 0 Å². The van der Waals surface area contributed by atoms with Gasteiger partial charge in [-0.05, 0) is 6.92 Å². The summed E-state index contributed by atoms with van der Waals surface area (Å²) in [5.74, 6) is 0. The summed E-state index contributed by atoms with van der Waals surface area (Å²) >= 11 is 0. The molecule has 0 aliphatic carbocycles. The van der Waals surface area contributed by atoms with E-state index in [4.69, 9.17) is 10.5 Å². The minimum Gasteiger partial charge on any atom is -0.379 e. The van der Waals surface area contributed by atoms with Crippen LogP contribution in [0.3, 0.4) is 0 Å². The van der Waals surface area contributed by atoms with Crippen molar-refractivity contribution < 1.29 is 9.66 Å². The van der Waals surface area contributed by atoms with Crippen LogP contribution in [0.15, 0.2) is 24.3 Å². The molecule has 1 saturated heterocycles. The first-order valence-electron chi connectivity index (χ1n) is 6.35. The molecule has 1 unspecified atom stereocenters. The smallest absolute Gasteiger partial charge is 0.272 e. The van der Waals surface area contributed by atoms with Gasteiger partial charge in [-0.25, -0.2) is 0 Å². The first kappa shape index (κ1) is 13.9. The van der Waals surface area contributed by atoms with E-state index in [-0.39, 0.29) is 10.6 Å². The Morgan fingerprint density at radius 2 is 2.05 bits per heavy atom. The number of nitrogens with zero attached hydrogens (tertiary/aromatic N) is 2.